The number of carbonyl (C=O) groups excluding carboxylic acids is 2. The van der Waals surface area contributed by atoms with E-state index in [-0.39, 0.29) is 11.6 Å². The summed E-state index contributed by atoms with van der Waals surface area (Å²) in [5.41, 5.74) is 1.70. The number of carbonyl (C=O) groups is 3. The number of carboxylic acids is 1. The molecular formula is C18H16O4. The van der Waals surface area contributed by atoms with E-state index in [0.29, 0.717) is 16.7 Å². The molecule has 0 saturated heterocycles. The first-order valence-corrected chi connectivity index (χ1v) is 6.93. The van der Waals surface area contributed by atoms with E-state index in [1.54, 1.807) is 55.5 Å². The maximum Gasteiger partial charge on any atom is 0.310 e. The SMILES string of the molecule is C[C@H](C(=O)CC(=O)O)c1cccc(C(=O)c2ccccc2)c1. The summed E-state index contributed by atoms with van der Waals surface area (Å²) in [5.74, 6) is -2.20. The van der Waals surface area contributed by atoms with Gasteiger partial charge in [0.1, 0.15) is 6.42 Å². The Kier molecular flexibility index (Phi) is 4.84. The molecule has 0 aliphatic heterocycles. The second kappa shape index (κ2) is 6.80. The molecule has 0 fully saturated rings. The quantitative estimate of drug-likeness (QED) is 0.657. The van der Waals surface area contributed by atoms with Crippen LogP contribution in [0.3, 0.4) is 0 Å². The molecule has 0 heterocycles. The molecule has 1 N–H and O–H groups in total. The van der Waals surface area contributed by atoms with E-state index >= 15 is 0 Å². The lowest BCUT2D eigenvalue weighted by atomic mass is 9.92. The maximum absolute atomic E-state index is 12.4. The fourth-order valence-electron chi connectivity index (χ4n) is 2.19. The molecule has 4 heteroatoms. The van der Waals surface area contributed by atoms with Crippen molar-refractivity contribution in [2.45, 2.75) is 19.3 Å². The average Bonchev–Trinajstić information content (AvgIpc) is 2.53. The van der Waals surface area contributed by atoms with E-state index in [2.05, 4.69) is 0 Å². The summed E-state index contributed by atoms with van der Waals surface area (Å²) in [6.45, 7) is 1.65. The third-order valence-corrected chi connectivity index (χ3v) is 3.49. The van der Waals surface area contributed by atoms with Crippen LogP contribution in [0.25, 0.3) is 0 Å². The van der Waals surface area contributed by atoms with Crippen molar-refractivity contribution in [1.29, 1.82) is 0 Å². The van der Waals surface area contributed by atoms with Crippen LogP contribution >= 0.6 is 0 Å². The van der Waals surface area contributed by atoms with Crippen molar-refractivity contribution < 1.29 is 19.5 Å². The van der Waals surface area contributed by atoms with E-state index in [1.165, 1.54) is 0 Å². The van der Waals surface area contributed by atoms with Crippen LogP contribution in [0.15, 0.2) is 54.6 Å². The van der Waals surface area contributed by atoms with Gasteiger partial charge in [0.15, 0.2) is 11.6 Å². The number of rotatable bonds is 6. The molecule has 0 aliphatic carbocycles. The Labute approximate surface area is 128 Å². The summed E-state index contributed by atoms with van der Waals surface area (Å²) < 4.78 is 0. The van der Waals surface area contributed by atoms with Gasteiger partial charge < -0.3 is 5.11 Å². The van der Waals surface area contributed by atoms with Gasteiger partial charge in [-0.3, -0.25) is 14.4 Å². The number of carboxylic acid groups (broad SMARTS) is 1. The molecule has 0 aliphatic rings. The lowest BCUT2D eigenvalue weighted by Crippen LogP contribution is -2.14. The fourth-order valence-corrected chi connectivity index (χ4v) is 2.19. The third-order valence-electron chi connectivity index (χ3n) is 3.49. The third kappa shape index (κ3) is 3.67. The number of aliphatic carboxylic acids is 1. The highest BCUT2D eigenvalue weighted by Crippen LogP contribution is 2.20. The van der Waals surface area contributed by atoms with E-state index in [0.717, 1.165) is 0 Å². The minimum atomic E-state index is -1.15. The number of Topliss-reactive ketones (excluding diaryl/α,β-unsaturated/α-hetero) is 1. The van der Waals surface area contributed by atoms with E-state index in [1.807, 2.05) is 6.07 Å². The number of benzene rings is 2. The minimum Gasteiger partial charge on any atom is -0.481 e. The zero-order valence-corrected chi connectivity index (χ0v) is 12.2. The smallest absolute Gasteiger partial charge is 0.310 e. The fraction of sp³-hybridized carbons (Fsp3) is 0.167. The Bertz CT molecular complexity index is 704. The van der Waals surface area contributed by atoms with Crippen LogP contribution in [0, 0.1) is 0 Å². The molecule has 2 aromatic rings. The molecule has 4 nitrogen and oxygen atoms in total. The van der Waals surface area contributed by atoms with Crippen molar-refractivity contribution in [1.82, 2.24) is 0 Å². The van der Waals surface area contributed by atoms with Gasteiger partial charge in [-0.25, -0.2) is 0 Å². The van der Waals surface area contributed by atoms with Crippen LogP contribution in [0.1, 0.15) is 40.7 Å². The molecule has 2 rings (SSSR count). The van der Waals surface area contributed by atoms with Crippen LogP contribution in [0.2, 0.25) is 0 Å². The molecular weight excluding hydrogens is 280 g/mol. The molecule has 0 spiro atoms. The molecule has 0 saturated carbocycles. The first-order valence-electron chi connectivity index (χ1n) is 6.93. The number of ketones is 2. The summed E-state index contributed by atoms with van der Waals surface area (Å²) in [6.07, 6.45) is -0.516. The summed E-state index contributed by atoms with van der Waals surface area (Å²) >= 11 is 0. The van der Waals surface area contributed by atoms with Gasteiger partial charge in [0.2, 0.25) is 0 Å². The molecule has 1 atom stereocenters. The minimum absolute atomic E-state index is 0.125. The average molecular weight is 296 g/mol. The van der Waals surface area contributed by atoms with Crippen molar-refractivity contribution >= 4 is 17.5 Å². The highest BCUT2D eigenvalue weighted by molar-refractivity contribution is 6.09. The number of hydrogen-bond donors (Lipinski definition) is 1. The summed E-state index contributed by atoms with van der Waals surface area (Å²) in [5, 5.41) is 8.70. The van der Waals surface area contributed by atoms with Gasteiger partial charge in [-0.2, -0.15) is 0 Å². The Hall–Kier alpha value is -2.75. The van der Waals surface area contributed by atoms with Crippen molar-refractivity contribution in [3.63, 3.8) is 0 Å². The predicted molar refractivity (Wildman–Crippen MR) is 82.0 cm³/mol. The summed E-state index contributed by atoms with van der Waals surface area (Å²) in [4.78, 5) is 34.9. The molecule has 0 unspecified atom stereocenters. The van der Waals surface area contributed by atoms with Crippen LogP contribution in [0.4, 0.5) is 0 Å². The van der Waals surface area contributed by atoms with Gasteiger partial charge in [0.25, 0.3) is 0 Å². The standard InChI is InChI=1S/C18H16O4/c1-12(16(19)11-17(20)21)14-8-5-9-15(10-14)18(22)13-6-3-2-4-7-13/h2-10,12H,11H2,1H3,(H,20,21)/t12-/m0/s1. The molecule has 0 amide bonds. The molecule has 0 bridgehead atoms. The number of hydrogen-bond acceptors (Lipinski definition) is 3. The lowest BCUT2D eigenvalue weighted by molar-refractivity contribution is -0.140. The Morgan fingerprint density at radius 2 is 1.59 bits per heavy atom. The van der Waals surface area contributed by atoms with Crippen molar-refractivity contribution in [3.8, 4) is 0 Å². The van der Waals surface area contributed by atoms with Crippen molar-refractivity contribution in [2.75, 3.05) is 0 Å². The van der Waals surface area contributed by atoms with Gasteiger partial charge in [0, 0.05) is 17.0 Å². The topological polar surface area (TPSA) is 71.4 Å². The van der Waals surface area contributed by atoms with E-state index in [9.17, 15) is 14.4 Å². The first-order chi connectivity index (χ1) is 10.5. The van der Waals surface area contributed by atoms with Crippen LogP contribution in [-0.4, -0.2) is 22.6 Å². The van der Waals surface area contributed by atoms with Gasteiger partial charge in [-0.15, -0.1) is 0 Å². The predicted octanol–water partition coefficient (Wildman–Crippen LogP) is 3.06. The van der Waals surface area contributed by atoms with E-state index in [4.69, 9.17) is 5.11 Å². The molecule has 2 aromatic carbocycles. The highest BCUT2D eigenvalue weighted by Gasteiger charge is 2.19. The zero-order valence-electron chi connectivity index (χ0n) is 12.2. The highest BCUT2D eigenvalue weighted by atomic mass is 16.4. The van der Waals surface area contributed by atoms with Gasteiger partial charge in [-0.1, -0.05) is 55.5 Å². The van der Waals surface area contributed by atoms with Crippen molar-refractivity contribution in [2.24, 2.45) is 0 Å². The normalized spacial score (nSPS) is 11.7. The molecule has 0 radical (unpaired) electrons. The monoisotopic (exact) mass is 296 g/mol. The molecule has 22 heavy (non-hydrogen) atoms. The Morgan fingerprint density at radius 3 is 2.23 bits per heavy atom. The van der Waals surface area contributed by atoms with Crippen molar-refractivity contribution in [3.05, 3.63) is 71.3 Å². The Morgan fingerprint density at radius 1 is 0.955 bits per heavy atom. The zero-order chi connectivity index (χ0) is 16.1. The van der Waals surface area contributed by atoms with Gasteiger partial charge >= 0.3 is 5.97 Å². The van der Waals surface area contributed by atoms with Gasteiger partial charge in [0.05, 0.1) is 0 Å². The summed E-state index contributed by atoms with van der Waals surface area (Å²) in [6, 6.07) is 15.6. The lowest BCUT2D eigenvalue weighted by Gasteiger charge is -2.11. The maximum atomic E-state index is 12.4. The second-order valence-corrected chi connectivity index (χ2v) is 5.08. The van der Waals surface area contributed by atoms with Gasteiger partial charge in [-0.05, 0) is 11.6 Å². The van der Waals surface area contributed by atoms with E-state index < -0.39 is 18.3 Å². The molecule has 0 aromatic heterocycles. The Balaban J connectivity index is 2.25. The van der Waals surface area contributed by atoms with Crippen LogP contribution in [-0.2, 0) is 9.59 Å². The van der Waals surface area contributed by atoms with Crippen LogP contribution < -0.4 is 0 Å². The molecule has 112 valence electrons. The second-order valence-electron chi connectivity index (χ2n) is 5.08. The summed E-state index contributed by atoms with van der Waals surface area (Å²) in [7, 11) is 0. The first kappa shape index (κ1) is 15.6. The largest absolute Gasteiger partial charge is 0.481 e. The van der Waals surface area contributed by atoms with Crippen LogP contribution in [0.5, 0.6) is 0 Å².